The Labute approximate surface area is 107 Å². The van der Waals surface area contributed by atoms with Gasteiger partial charge in [0.05, 0.1) is 0 Å². The van der Waals surface area contributed by atoms with Crippen molar-refractivity contribution in [2.45, 2.75) is 38.9 Å². The fraction of sp³-hybridized carbons (Fsp3) is 0.429. The van der Waals surface area contributed by atoms with Gasteiger partial charge in [-0.2, -0.15) is 0 Å². The molecule has 0 aliphatic carbocycles. The molecular weight excluding hydrogens is 253 g/mol. The molecule has 0 atom stereocenters. The first-order chi connectivity index (χ1) is 8.48. The van der Waals surface area contributed by atoms with Gasteiger partial charge in [0.25, 0.3) is 0 Å². The second-order valence-corrected chi connectivity index (χ2v) is 9.28. The van der Waals surface area contributed by atoms with Crippen LogP contribution in [0.2, 0.25) is 18.1 Å². The molecule has 0 saturated heterocycles. The van der Waals surface area contributed by atoms with E-state index in [1.807, 2.05) is 0 Å². The minimum absolute atomic E-state index is 0.207. The van der Waals surface area contributed by atoms with Gasteiger partial charge in [-0.1, -0.05) is 26.7 Å². The molecule has 0 aliphatic rings. The average Bonchev–Trinajstić information content (AvgIpc) is 2.38. The van der Waals surface area contributed by atoms with E-state index >= 15 is 0 Å². The predicted octanol–water partition coefficient (Wildman–Crippen LogP) is 4.50. The first-order valence-corrected chi connectivity index (χ1v) is 8.77. The summed E-state index contributed by atoms with van der Waals surface area (Å²) in [5.74, 6) is -0.995. The number of benzene rings is 1. The van der Waals surface area contributed by atoms with Crippen LogP contribution in [0.5, 0.6) is 0 Å². The summed E-state index contributed by atoms with van der Waals surface area (Å²) < 4.78 is 38.9. The molecule has 0 N–H and O–H groups in total. The zero-order valence-electron chi connectivity index (χ0n) is 10.9. The number of rotatable bonds is 3. The van der Waals surface area contributed by atoms with Crippen LogP contribution in [0.1, 0.15) is 26.3 Å². The Morgan fingerprint density at radius 2 is 1.39 bits per heavy atom. The van der Waals surface area contributed by atoms with E-state index in [2.05, 4.69) is 32.2 Å². The Balaban J connectivity index is 3.12. The third kappa shape index (κ3) is 3.17. The van der Waals surface area contributed by atoms with E-state index in [9.17, 15) is 13.2 Å². The lowest BCUT2D eigenvalue weighted by Crippen LogP contribution is -2.29. The van der Waals surface area contributed by atoms with Crippen LogP contribution in [0.4, 0.5) is 13.2 Å². The molecule has 0 fully saturated rings. The van der Waals surface area contributed by atoms with Crippen LogP contribution in [-0.2, 0) is 0 Å². The van der Waals surface area contributed by atoms with Gasteiger partial charge in [-0.05, 0) is 30.3 Å². The number of hydrogen-bond acceptors (Lipinski definition) is 0. The van der Waals surface area contributed by atoms with Crippen LogP contribution in [0.3, 0.4) is 0 Å². The lowest BCUT2D eigenvalue weighted by atomic mass is 10.2. The molecule has 0 nitrogen and oxygen atoms in total. The minimum Gasteiger partial charge on any atom is -0.204 e. The zero-order chi connectivity index (χ0) is 13.8. The van der Waals surface area contributed by atoms with E-state index in [0.29, 0.717) is 0 Å². The summed E-state index contributed by atoms with van der Waals surface area (Å²) in [6, 6.07) is 4.94. The fourth-order valence-corrected chi connectivity index (χ4v) is 4.29. The third-order valence-corrected chi connectivity index (χ3v) is 8.20. The second-order valence-electron chi connectivity index (χ2n) is 4.34. The molecule has 0 saturated carbocycles. The maximum atomic E-state index is 13.0. The third-order valence-electron chi connectivity index (χ3n) is 3.49. The summed E-state index contributed by atoms with van der Waals surface area (Å²) in [7, 11) is -1.65. The van der Waals surface area contributed by atoms with E-state index in [-0.39, 0.29) is 5.56 Å². The van der Waals surface area contributed by atoms with Crippen molar-refractivity contribution in [3.05, 3.63) is 35.1 Å². The molecule has 0 amide bonds. The van der Waals surface area contributed by atoms with Crippen LogP contribution in [0.15, 0.2) is 12.1 Å². The summed E-state index contributed by atoms with van der Waals surface area (Å²) in [5.41, 5.74) is 3.41. The molecule has 0 heterocycles. The zero-order valence-corrected chi connectivity index (χ0v) is 11.9. The van der Waals surface area contributed by atoms with Gasteiger partial charge in [-0.3, -0.25) is 0 Å². The van der Waals surface area contributed by atoms with Crippen LogP contribution >= 0.6 is 0 Å². The Morgan fingerprint density at radius 3 is 1.78 bits per heavy atom. The molecule has 0 aromatic heterocycles. The molecule has 0 bridgehead atoms. The highest BCUT2D eigenvalue weighted by Gasteiger charge is 2.24. The van der Waals surface area contributed by atoms with Gasteiger partial charge in [-0.15, -0.1) is 5.54 Å². The maximum Gasteiger partial charge on any atom is 0.194 e. The molecule has 0 unspecified atom stereocenters. The van der Waals surface area contributed by atoms with E-state index in [0.717, 1.165) is 30.3 Å². The molecule has 1 rings (SSSR count). The first kappa shape index (κ1) is 14.8. The standard InChI is InChI=1S/C14H17F3Si/c1-4-18(5-2,6-3)8-7-11-9-12(15)14(17)13(16)10-11/h9-10H,4-6H2,1-3H3. The van der Waals surface area contributed by atoms with Crippen LogP contribution < -0.4 is 0 Å². The SMILES string of the molecule is CC[Si](C#Cc1cc(F)c(F)c(F)c1)(CC)CC. The lowest BCUT2D eigenvalue weighted by molar-refractivity contribution is 0.446. The van der Waals surface area contributed by atoms with Crippen molar-refractivity contribution in [3.63, 3.8) is 0 Å². The highest BCUT2D eigenvalue weighted by molar-refractivity contribution is 6.87. The molecule has 0 spiro atoms. The summed E-state index contributed by atoms with van der Waals surface area (Å²) in [6.45, 7) is 6.29. The topological polar surface area (TPSA) is 0 Å². The van der Waals surface area contributed by atoms with E-state index < -0.39 is 25.5 Å². The fourth-order valence-electron chi connectivity index (χ4n) is 1.85. The molecular formula is C14H17F3Si. The van der Waals surface area contributed by atoms with Crippen molar-refractivity contribution in [3.8, 4) is 11.5 Å². The van der Waals surface area contributed by atoms with Gasteiger partial charge in [0.2, 0.25) is 0 Å². The van der Waals surface area contributed by atoms with Crippen molar-refractivity contribution in [1.82, 2.24) is 0 Å². The van der Waals surface area contributed by atoms with Gasteiger partial charge in [0, 0.05) is 5.56 Å². The molecule has 1 aromatic carbocycles. The highest BCUT2D eigenvalue weighted by atomic mass is 28.3. The number of halogens is 3. The monoisotopic (exact) mass is 270 g/mol. The lowest BCUT2D eigenvalue weighted by Gasteiger charge is -2.19. The molecule has 1 aromatic rings. The first-order valence-electron chi connectivity index (χ1n) is 6.15. The van der Waals surface area contributed by atoms with Gasteiger partial charge < -0.3 is 0 Å². The largest absolute Gasteiger partial charge is 0.204 e. The quantitative estimate of drug-likeness (QED) is 0.431. The second kappa shape index (κ2) is 6.10. The summed E-state index contributed by atoms with van der Waals surface area (Å²) in [6.07, 6.45) is 0. The van der Waals surface area contributed by atoms with Crippen molar-refractivity contribution < 1.29 is 13.2 Å². The Morgan fingerprint density at radius 1 is 0.944 bits per heavy atom. The van der Waals surface area contributed by atoms with Gasteiger partial charge >= 0.3 is 0 Å². The maximum absolute atomic E-state index is 13.0. The number of hydrogen-bond donors (Lipinski definition) is 0. The van der Waals surface area contributed by atoms with Crippen molar-refractivity contribution in [1.29, 1.82) is 0 Å². The minimum atomic E-state index is -1.65. The van der Waals surface area contributed by atoms with E-state index in [4.69, 9.17) is 0 Å². The van der Waals surface area contributed by atoms with Gasteiger partial charge in [0.15, 0.2) is 17.5 Å². The average molecular weight is 270 g/mol. The van der Waals surface area contributed by atoms with Gasteiger partial charge in [0.1, 0.15) is 8.07 Å². The normalized spacial score (nSPS) is 11.0. The van der Waals surface area contributed by atoms with Crippen molar-refractivity contribution >= 4 is 8.07 Å². The molecule has 0 radical (unpaired) electrons. The summed E-state index contributed by atoms with van der Waals surface area (Å²) >= 11 is 0. The predicted molar refractivity (Wildman–Crippen MR) is 70.4 cm³/mol. The Kier molecular flexibility index (Phi) is 5.03. The van der Waals surface area contributed by atoms with Crippen LogP contribution in [0.25, 0.3) is 0 Å². The molecule has 0 aliphatic heterocycles. The summed E-state index contributed by atoms with van der Waals surface area (Å²) in [5, 5.41) is 0. The molecule has 98 valence electrons. The Bertz CT molecular complexity index is 450. The summed E-state index contributed by atoms with van der Waals surface area (Å²) in [4.78, 5) is 0. The smallest absolute Gasteiger partial charge is 0.194 e. The van der Waals surface area contributed by atoms with Crippen LogP contribution in [-0.4, -0.2) is 8.07 Å². The van der Waals surface area contributed by atoms with Crippen LogP contribution in [0, 0.1) is 28.9 Å². The molecule has 4 heteroatoms. The highest BCUT2D eigenvalue weighted by Crippen LogP contribution is 2.19. The van der Waals surface area contributed by atoms with Gasteiger partial charge in [-0.25, -0.2) is 13.2 Å². The molecule has 18 heavy (non-hydrogen) atoms. The van der Waals surface area contributed by atoms with Crippen molar-refractivity contribution in [2.24, 2.45) is 0 Å². The van der Waals surface area contributed by atoms with E-state index in [1.54, 1.807) is 0 Å². The Hall–Kier alpha value is -1.21. The van der Waals surface area contributed by atoms with Crippen molar-refractivity contribution in [2.75, 3.05) is 0 Å². The van der Waals surface area contributed by atoms with E-state index in [1.165, 1.54) is 0 Å².